The van der Waals surface area contributed by atoms with Crippen LogP contribution in [0.3, 0.4) is 0 Å². The Bertz CT molecular complexity index is 1060. The third-order valence-corrected chi connectivity index (χ3v) is 7.63. The molecular weight excluding hydrogens is 486 g/mol. The first-order valence-electron chi connectivity index (χ1n) is 12.3. The minimum Gasteiger partial charge on any atom is -0.381 e. The van der Waals surface area contributed by atoms with Crippen molar-refractivity contribution in [1.82, 2.24) is 15.1 Å². The lowest BCUT2D eigenvalue weighted by molar-refractivity contribution is -0.137. The standard InChI is InChI=1S/C25H28F6N4O/c26-24(27,28)20-4-2-1-3-19(20)22-11-21(25(29,30)31)23(34-33-22)32-18-9-16-13-35(14-17(16)10-18)12-15-5-7-36-8-6-15/h1-4,11,15-18H,5-10,12-14H2,(H,32,34)/t16-,17+,18-. The highest BCUT2D eigenvalue weighted by molar-refractivity contribution is 5.66. The average Bonchev–Trinajstić information content (AvgIpc) is 3.36. The Morgan fingerprint density at radius 2 is 1.53 bits per heavy atom. The Kier molecular flexibility index (Phi) is 6.88. The van der Waals surface area contributed by atoms with Crippen molar-refractivity contribution in [3.05, 3.63) is 41.5 Å². The molecule has 1 N–H and O–H groups in total. The van der Waals surface area contributed by atoms with Crippen LogP contribution in [0.5, 0.6) is 0 Å². The van der Waals surface area contributed by atoms with Gasteiger partial charge in [0.1, 0.15) is 5.56 Å². The number of halogens is 6. The van der Waals surface area contributed by atoms with Crippen LogP contribution in [-0.2, 0) is 17.1 Å². The van der Waals surface area contributed by atoms with Crippen LogP contribution in [0.25, 0.3) is 11.3 Å². The van der Waals surface area contributed by atoms with E-state index in [2.05, 4.69) is 20.4 Å². The number of nitrogens with one attached hydrogen (secondary N) is 1. The molecule has 1 aromatic heterocycles. The van der Waals surface area contributed by atoms with Crippen molar-refractivity contribution < 1.29 is 31.1 Å². The number of hydrogen-bond acceptors (Lipinski definition) is 5. The molecule has 3 fully saturated rings. The Morgan fingerprint density at radius 1 is 0.889 bits per heavy atom. The zero-order chi connectivity index (χ0) is 25.5. The lowest BCUT2D eigenvalue weighted by Gasteiger charge is -2.28. The van der Waals surface area contributed by atoms with Crippen LogP contribution in [0.4, 0.5) is 32.2 Å². The van der Waals surface area contributed by atoms with E-state index >= 15 is 0 Å². The minimum absolute atomic E-state index is 0.186. The summed E-state index contributed by atoms with van der Waals surface area (Å²) in [5.41, 5.74) is -3.06. The Hall–Kier alpha value is -2.40. The van der Waals surface area contributed by atoms with Crippen LogP contribution in [0.2, 0.25) is 0 Å². The molecule has 36 heavy (non-hydrogen) atoms. The van der Waals surface area contributed by atoms with Crippen LogP contribution < -0.4 is 5.32 Å². The second-order valence-electron chi connectivity index (χ2n) is 10.1. The quantitative estimate of drug-likeness (QED) is 0.517. The van der Waals surface area contributed by atoms with Crippen LogP contribution in [0.15, 0.2) is 30.3 Å². The summed E-state index contributed by atoms with van der Waals surface area (Å²) in [7, 11) is 0. The number of aromatic nitrogens is 2. The fourth-order valence-electron chi connectivity index (χ4n) is 5.95. The summed E-state index contributed by atoms with van der Waals surface area (Å²) >= 11 is 0. The largest absolute Gasteiger partial charge is 0.420 e. The SMILES string of the molecule is FC(F)(F)c1ccccc1-c1cc(C(F)(F)F)c(N[C@@H]2C[C@@H]3CN(CC4CCOCC4)C[C@@H]3C2)nn1. The molecule has 1 aromatic carbocycles. The lowest BCUT2D eigenvalue weighted by atomic mass is 10.00. The van der Waals surface area contributed by atoms with Gasteiger partial charge in [-0.05, 0) is 55.6 Å². The molecule has 3 heterocycles. The number of ether oxygens (including phenoxy) is 1. The Morgan fingerprint density at radius 3 is 2.17 bits per heavy atom. The van der Waals surface area contributed by atoms with Crippen LogP contribution >= 0.6 is 0 Å². The second-order valence-corrected chi connectivity index (χ2v) is 10.1. The van der Waals surface area contributed by atoms with Gasteiger partial charge in [-0.2, -0.15) is 26.3 Å². The number of fused-ring (bicyclic) bond motifs is 1. The van der Waals surface area contributed by atoms with E-state index in [1.807, 2.05) is 0 Å². The van der Waals surface area contributed by atoms with Gasteiger partial charge in [0.15, 0.2) is 5.82 Å². The molecular formula is C25H28F6N4O. The maximum Gasteiger partial charge on any atom is 0.420 e. The van der Waals surface area contributed by atoms with Crippen molar-refractivity contribution in [2.75, 3.05) is 38.2 Å². The fraction of sp³-hybridized carbons (Fsp3) is 0.600. The van der Waals surface area contributed by atoms with E-state index in [9.17, 15) is 26.3 Å². The molecule has 2 aliphatic heterocycles. The number of alkyl halides is 6. The maximum atomic E-state index is 13.9. The van der Waals surface area contributed by atoms with Crippen LogP contribution in [0.1, 0.15) is 36.8 Å². The van der Waals surface area contributed by atoms with Gasteiger partial charge in [0.2, 0.25) is 0 Å². The summed E-state index contributed by atoms with van der Waals surface area (Å²) < 4.78 is 87.4. The summed E-state index contributed by atoms with van der Waals surface area (Å²) in [6.07, 6.45) is -5.93. The number of benzene rings is 1. The molecule has 3 atom stereocenters. The van der Waals surface area contributed by atoms with E-state index in [1.165, 1.54) is 12.1 Å². The third-order valence-electron chi connectivity index (χ3n) is 7.63. The highest BCUT2D eigenvalue weighted by Crippen LogP contribution is 2.43. The van der Waals surface area contributed by atoms with Gasteiger partial charge in [-0.3, -0.25) is 0 Å². The maximum absolute atomic E-state index is 13.9. The van der Waals surface area contributed by atoms with Crippen molar-refractivity contribution in [3.63, 3.8) is 0 Å². The van der Waals surface area contributed by atoms with Crippen molar-refractivity contribution in [2.45, 2.75) is 44.1 Å². The number of rotatable bonds is 5. The molecule has 0 amide bonds. The van der Waals surface area contributed by atoms with Crippen molar-refractivity contribution in [1.29, 1.82) is 0 Å². The molecule has 2 aromatic rings. The predicted octanol–water partition coefficient (Wildman–Crippen LogP) is 5.73. The molecule has 11 heteroatoms. The first-order valence-corrected chi connectivity index (χ1v) is 12.3. The Labute approximate surface area is 205 Å². The number of hydrogen-bond donors (Lipinski definition) is 1. The zero-order valence-corrected chi connectivity index (χ0v) is 19.6. The molecule has 196 valence electrons. The van der Waals surface area contributed by atoms with E-state index in [0.29, 0.717) is 23.8 Å². The average molecular weight is 515 g/mol. The molecule has 5 rings (SSSR count). The third kappa shape index (κ3) is 5.46. The van der Waals surface area contributed by atoms with Crippen molar-refractivity contribution >= 4 is 5.82 Å². The molecule has 0 bridgehead atoms. The first kappa shape index (κ1) is 25.3. The van der Waals surface area contributed by atoms with Gasteiger partial charge in [0.25, 0.3) is 0 Å². The van der Waals surface area contributed by atoms with Gasteiger partial charge in [0, 0.05) is 44.5 Å². The molecule has 1 saturated carbocycles. The van der Waals surface area contributed by atoms with E-state index in [1.54, 1.807) is 0 Å². The smallest absolute Gasteiger partial charge is 0.381 e. The van der Waals surface area contributed by atoms with Gasteiger partial charge in [-0.1, -0.05) is 18.2 Å². The lowest BCUT2D eigenvalue weighted by Crippen LogP contribution is -2.32. The first-order chi connectivity index (χ1) is 17.1. The van der Waals surface area contributed by atoms with E-state index < -0.39 is 40.6 Å². The van der Waals surface area contributed by atoms with E-state index in [0.717, 1.165) is 70.7 Å². The monoisotopic (exact) mass is 514 g/mol. The number of nitrogens with zero attached hydrogens (tertiary/aromatic N) is 3. The number of anilines is 1. The Balaban J connectivity index is 1.29. The normalized spacial score (nSPS) is 25.8. The summed E-state index contributed by atoms with van der Waals surface area (Å²) in [5.74, 6) is 1.02. The molecule has 3 aliphatic rings. The molecule has 2 saturated heterocycles. The highest BCUT2D eigenvalue weighted by atomic mass is 19.4. The highest BCUT2D eigenvalue weighted by Gasteiger charge is 2.43. The molecule has 0 radical (unpaired) electrons. The summed E-state index contributed by atoms with van der Waals surface area (Å²) in [4.78, 5) is 2.47. The van der Waals surface area contributed by atoms with Crippen LogP contribution in [0, 0.1) is 17.8 Å². The fourth-order valence-corrected chi connectivity index (χ4v) is 5.95. The summed E-state index contributed by atoms with van der Waals surface area (Å²) in [6, 6.07) is 4.90. The van der Waals surface area contributed by atoms with Gasteiger partial charge in [-0.15, -0.1) is 10.2 Å². The summed E-state index contributed by atoms with van der Waals surface area (Å²) in [6.45, 7) is 4.52. The molecule has 0 spiro atoms. The van der Waals surface area contributed by atoms with Crippen LogP contribution in [-0.4, -0.2) is 54.0 Å². The number of likely N-dealkylation sites (tertiary alicyclic amines) is 1. The molecule has 5 nitrogen and oxygen atoms in total. The van der Waals surface area contributed by atoms with E-state index in [-0.39, 0.29) is 6.04 Å². The molecule has 0 unspecified atom stereocenters. The minimum atomic E-state index is -4.80. The predicted molar refractivity (Wildman–Crippen MR) is 121 cm³/mol. The molecule has 1 aliphatic carbocycles. The van der Waals surface area contributed by atoms with Gasteiger partial charge in [0.05, 0.1) is 11.3 Å². The van der Waals surface area contributed by atoms with Crippen molar-refractivity contribution in [2.24, 2.45) is 17.8 Å². The van der Waals surface area contributed by atoms with E-state index in [4.69, 9.17) is 4.74 Å². The van der Waals surface area contributed by atoms with Gasteiger partial charge < -0.3 is 15.0 Å². The summed E-state index contributed by atoms with van der Waals surface area (Å²) in [5, 5.41) is 10.4. The second kappa shape index (κ2) is 9.81. The van der Waals surface area contributed by atoms with Gasteiger partial charge in [-0.25, -0.2) is 0 Å². The van der Waals surface area contributed by atoms with Gasteiger partial charge >= 0.3 is 12.4 Å². The topological polar surface area (TPSA) is 50.3 Å². The zero-order valence-electron chi connectivity index (χ0n) is 19.6. The van der Waals surface area contributed by atoms with Crippen molar-refractivity contribution in [3.8, 4) is 11.3 Å².